The summed E-state index contributed by atoms with van der Waals surface area (Å²) in [6.07, 6.45) is 6.76. The normalized spacial score (nSPS) is 24.4. The molecule has 1 N–H and O–H groups in total. The molecular weight excluding hydrogens is 228 g/mol. The summed E-state index contributed by atoms with van der Waals surface area (Å²) >= 11 is 0. The van der Waals surface area contributed by atoms with Gasteiger partial charge in [-0.3, -0.25) is 0 Å². The van der Waals surface area contributed by atoms with E-state index in [1.54, 1.807) is 0 Å². The van der Waals surface area contributed by atoms with E-state index >= 15 is 0 Å². The average molecular weight is 250 g/mol. The third-order valence-corrected chi connectivity index (χ3v) is 4.09. The van der Waals surface area contributed by atoms with Crippen molar-refractivity contribution in [2.75, 3.05) is 26.2 Å². The third-order valence-electron chi connectivity index (χ3n) is 4.09. The summed E-state index contributed by atoms with van der Waals surface area (Å²) in [6, 6.07) is 0.154. The number of rotatable bonds is 4. The van der Waals surface area contributed by atoms with Crippen LogP contribution in [0.25, 0.3) is 0 Å². The van der Waals surface area contributed by atoms with Crippen LogP contribution in [0.3, 0.4) is 0 Å². The van der Waals surface area contributed by atoms with Gasteiger partial charge in [-0.2, -0.15) is 5.10 Å². The summed E-state index contributed by atoms with van der Waals surface area (Å²) in [6.45, 7) is 3.72. The fourth-order valence-electron chi connectivity index (χ4n) is 3.02. The molecule has 2 aliphatic heterocycles. The number of aliphatic hydroxyl groups is 1. The molecule has 1 aromatic heterocycles. The van der Waals surface area contributed by atoms with Crippen molar-refractivity contribution in [3.05, 3.63) is 11.6 Å². The summed E-state index contributed by atoms with van der Waals surface area (Å²) in [7, 11) is 0. The lowest BCUT2D eigenvalue weighted by atomic mass is 10.1. The maximum atomic E-state index is 9.35. The van der Waals surface area contributed by atoms with Gasteiger partial charge in [0.1, 0.15) is 5.82 Å². The maximum Gasteiger partial charge on any atom is 0.152 e. The standard InChI is InChI=1S/C13H22N4O/c18-10-11-4-3-5-13-14-12(15-17(11)13)6-9-16-7-1-2-8-16/h11,18H,1-10H2. The molecule has 2 aliphatic rings. The summed E-state index contributed by atoms with van der Waals surface area (Å²) in [5, 5.41) is 13.9. The second kappa shape index (κ2) is 5.36. The SMILES string of the molecule is OCC1CCCc2nc(CCN3CCCC3)nn21. The smallest absolute Gasteiger partial charge is 0.152 e. The zero-order valence-corrected chi connectivity index (χ0v) is 10.9. The molecule has 1 aromatic rings. The Morgan fingerprint density at radius 3 is 2.83 bits per heavy atom. The van der Waals surface area contributed by atoms with Gasteiger partial charge in [-0.05, 0) is 38.8 Å². The molecule has 0 radical (unpaired) electrons. The first-order chi connectivity index (χ1) is 8.86. The predicted molar refractivity (Wildman–Crippen MR) is 68.5 cm³/mol. The van der Waals surface area contributed by atoms with Gasteiger partial charge in [0, 0.05) is 19.4 Å². The van der Waals surface area contributed by atoms with Crippen LogP contribution in [0.5, 0.6) is 0 Å². The van der Waals surface area contributed by atoms with Crippen molar-refractivity contribution in [1.29, 1.82) is 0 Å². The van der Waals surface area contributed by atoms with Gasteiger partial charge in [0.15, 0.2) is 5.82 Å². The first kappa shape index (κ1) is 12.1. The van der Waals surface area contributed by atoms with Gasteiger partial charge >= 0.3 is 0 Å². The van der Waals surface area contributed by atoms with E-state index in [0.717, 1.165) is 43.9 Å². The highest BCUT2D eigenvalue weighted by molar-refractivity contribution is 4.99. The number of aliphatic hydroxyl groups excluding tert-OH is 1. The van der Waals surface area contributed by atoms with Crippen LogP contribution in [0.15, 0.2) is 0 Å². The van der Waals surface area contributed by atoms with Crippen LogP contribution in [0.2, 0.25) is 0 Å². The van der Waals surface area contributed by atoms with Crippen LogP contribution in [0, 0.1) is 0 Å². The summed E-state index contributed by atoms with van der Waals surface area (Å²) in [5.41, 5.74) is 0. The molecule has 0 saturated carbocycles. The predicted octanol–water partition coefficient (Wildman–Crippen LogP) is 0.786. The van der Waals surface area contributed by atoms with E-state index in [1.165, 1.54) is 25.9 Å². The lowest BCUT2D eigenvalue weighted by molar-refractivity contribution is 0.194. The average Bonchev–Trinajstić information content (AvgIpc) is 3.04. The van der Waals surface area contributed by atoms with Crippen LogP contribution >= 0.6 is 0 Å². The molecule has 3 rings (SSSR count). The Morgan fingerprint density at radius 2 is 2.06 bits per heavy atom. The Bertz CT molecular complexity index is 398. The molecule has 3 heterocycles. The van der Waals surface area contributed by atoms with Gasteiger partial charge in [0.05, 0.1) is 12.6 Å². The monoisotopic (exact) mass is 250 g/mol. The number of likely N-dealkylation sites (tertiary alicyclic amines) is 1. The van der Waals surface area contributed by atoms with Gasteiger partial charge in [-0.1, -0.05) is 0 Å². The van der Waals surface area contributed by atoms with Crippen molar-refractivity contribution in [3.8, 4) is 0 Å². The Balaban J connectivity index is 1.64. The minimum absolute atomic E-state index is 0.154. The zero-order chi connectivity index (χ0) is 12.4. The molecule has 0 bridgehead atoms. The molecular formula is C13H22N4O. The van der Waals surface area contributed by atoms with Crippen molar-refractivity contribution in [1.82, 2.24) is 19.7 Å². The van der Waals surface area contributed by atoms with Crippen LogP contribution in [-0.4, -0.2) is 51.0 Å². The van der Waals surface area contributed by atoms with Crippen molar-refractivity contribution >= 4 is 0 Å². The Kier molecular flexibility index (Phi) is 3.61. The molecule has 0 aromatic carbocycles. The molecule has 100 valence electrons. The quantitative estimate of drug-likeness (QED) is 0.858. The fraction of sp³-hybridized carbons (Fsp3) is 0.846. The highest BCUT2D eigenvalue weighted by Crippen LogP contribution is 2.22. The van der Waals surface area contributed by atoms with Crippen LogP contribution in [0.4, 0.5) is 0 Å². The highest BCUT2D eigenvalue weighted by atomic mass is 16.3. The van der Waals surface area contributed by atoms with E-state index < -0.39 is 0 Å². The van der Waals surface area contributed by atoms with E-state index in [0.29, 0.717) is 0 Å². The molecule has 1 atom stereocenters. The number of fused-ring (bicyclic) bond motifs is 1. The number of hydrogen-bond acceptors (Lipinski definition) is 4. The van der Waals surface area contributed by atoms with Gasteiger partial charge in [-0.15, -0.1) is 0 Å². The van der Waals surface area contributed by atoms with Gasteiger partial charge < -0.3 is 10.0 Å². The van der Waals surface area contributed by atoms with Gasteiger partial charge in [0.2, 0.25) is 0 Å². The van der Waals surface area contributed by atoms with Crippen molar-refractivity contribution < 1.29 is 5.11 Å². The molecule has 1 unspecified atom stereocenters. The Hall–Kier alpha value is -0.940. The maximum absolute atomic E-state index is 9.35. The molecule has 18 heavy (non-hydrogen) atoms. The van der Waals surface area contributed by atoms with Crippen molar-refractivity contribution in [2.24, 2.45) is 0 Å². The van der Waals surface area contributed by atoms with Gasteiger partial charge in [-0.25, -0.2) is 9.67 Å². The fourth-order valence-corrected chi connectivity index (χ4v) is 3.02. The number of hydrogen-bond donors (Lipinski definition) is 1. The summed E-state index contributed by atoms with van der Waals surface area (Å²) in [4.78, 5) is 7.11. The van der Waals surface area contributed by atoms with Crippen molar-refractivity contribution in [3.63, 3.8) is 0 Å². The second-order valence-electron chi connectivity index (χ2n) is 5.42. The Labute approximate surface area is 108 Å². The number of aryl methyl sites for hydroxylation is 1. The van der Waals surface area contributed by atoms with Crippen molar-refractivity contribution in [2.45, 2.75) is 44.6 Å². The van der Waals surface area contributed by atoms with E-state index in [1.807, 2.05) is 4.68 Å². The molecule has 5 heteroatoms. The van der Waals surface area contributed by atoms with Crippen LogP contribution in [0.1, 0.15) is 43.4 Å². The molecule has 5 nitrogen and oxygen atoms in total. The minimum atomic E-state index is 0.154. The first-order valence-electron chi connectivity index (χ1n) is 7.14. The van der Waals surface area contributed by atoms with E-state index in [-0.39, 0.29) is 12.6 Å². The van der Waals surface area contributed by atoms with E-state index in [2.05, 4.69) is 15.0 Å². The molecule has 1 fully saturated rings. The van der Waals surface area contributed by atoms with E-state index in [9.17, 15) is 5.11 Å². The van der Waals surface area contributed by atoms with Gasteiger partial charge in [0.25, 0.3) is 0 Å². The summed E-state index contributed by atoms with van der Waals surface area (Å²) < 4.78 is 1.96. The minimum Gasteiger partial charge on any atom is -0.394 e. The third kappa shape index (κ3) is 2.42. The number of nitrogens with zero attached hydrogens (tertiary/aromatic N) is 4. The number of aromatic nitrogens is 3. The highest BCUT2D eigenvalue weighted by Gasteiger charge is 2.22. The second-order valence-corrected chi connectivity index (χ2v) is 5.42. The van der Waals surface area contributed by atoms with Crippen LogP contribution < -0.4 is 0 Å². The first-order valence-corrected chi connectivity index (χ1v) is 7.14. The summed E-state index contributed by atoms with van der Waals surface area (Å²) in [5.74, 6) is 2.02. The lowest BCUT2D eigenvalue weighted by Gasteiger charge is -2.20. The molecule has 1 saturated heterocycles. The Morgan fingerprint density at radius 1 is 1.22 bits per heavy atom. The lowest BCUT2D eigenvalue weighted by Crippen LogP contribution is -2.23. The zero-order valence-electron chi connectivity index (χ0n) is 10.9. The van der Waals surface area contributed by atoms with Crippen LogP contribution in [-0.2, 0) is 12.8 Å². The molecule has 0 amide bonds. The van der Waals surface area contributed by atoms with E-state index in [4.69, 9.17) is 0 Å². The molecule has 0 spiro atoms. The molecule has 0 aliphatic carbocycles. The topological polar surface area (TPSA) is 54.2 Å². The largest absolute Gasteiger partial charge is 0.394 e.